The zero-order chi connectivity index (χ0) is 17.8. The van der Waals surface area contributed by atoms with Crippen LogP contribution in [0.1, 0.15) is 11.1 Å². The van der Waals surface area contributed by atoms with E-state index < -0.39 is 0 Å². The minimum atomic E-state index is -0.0316. The molecular formula is C20H21N3OS. The number of fused-ring (bicyclic) bond motifs is 1. The summed E-state index contributed by atoms with van der Waals surface area (Å²) in [7, 11) is 0. The van der Waals surface area contributed by atoms with Gasteiger partial charge < -0.3 is 9.88 Å². The van der Waals surface area contributed by atoms with Crippen molar-refractivity contribution in [2.75, 3.05) is 11.1 Å². The first kappa shape index (κ1) is 17.3. The number of nitrogens with one attached hydrogen (secondary N) is 1. The maximum Gasteiger partial charge on any atom is 0.234 e. The fraction of sp³-hybridized carbons (Fsp3) is 0.200. The number of benzene rings is 2. The lowest BCUT2D eigenvalue weighted by Gasteiger charge is -2.10. The molecule has 0 spiro atoms. The Hall–Kier alpha value is -2.53. The molecule has 0 atom stereocenters. The molecular weight excluding hydrogens is 330 g/mol. The van der Waals surface area contributed by atoms with Crippen LogP contribution in [0.15, 0.2) is 60.3 Å². The molecule has 0 aliphatic carbocycles. The molecule has 3 rings (SSSR count). The van der Waals surface area contributed by atoms with E-state index in [0.29, 0.717) is 12.3 Å². The number of carbonyl (C=O) groups excluding carboxylic acids is 1. The van der Waals surface area contributed by atoms with Crippen LogP contribution in [0.4, 0.5) is 5.69 Å². The monoisotopic (exact) mass is 351 g/mol. The first-order valence-corrected chi connectivity index (χ1v) is 9.13. The van der Waals surface area contributed by atoms with Crippen LogP contribution in [-0.2, 0) is 11.3 Å². The second kappa shape index (κ2) is 7.57. The number of hydrogen-bond acceptors (Lipinski definition) is 3. The molecule has 0 aliphatic rings. The number of imidazole rings is 1. The van der Waals surface area contributed by atoms with Gasteiger partial charge >= 0.3 is 0 Å². The smallest absolute Gasteiger partial charge is 0.234 e. The van der Waals surface area contributed by atoms with Crippen LogP contribution in [0.5, 0.6) is 0 Å². The first-order valence-electron chi connectivity index (χ1n) is 8.14. The van der Waals surface area contributed by atoms with Gasteiger partial charge in [-0.15, -0.1) is 6.58 Å². The Kier molecular flexibility index (Phi) is 5.24. The quantitative estimate of drug-likeness (QED) is 0.523. The Morgan fingerprint density at radius 2 is 2.08 bits per heavy atom. The number of anilines is 1. The fourth-order valence-electron chi connectivity index (χ4n) is 2.66. The van der Waals surface area contributed by atoms with Gasteiger partial charge in [0.05, 0.1) is 16.8 Å². The third-order valence-corrected chi connectivity index (χ3v) is 4.91. The highest BCUT2D eigenvalue weighted by atomic mass is 32.2. The summed E-state index contributed by atoms with van der Waals surface area (Å²) in [4.78, 5) is 17.0. The third kappa shape index (κ3) is 3.94. The van der Waals surface area contributed by atoms with E-state index in [1.807, 2.05) is 62.4 Å². The molecule has 0 aliphatic heterocycles. The summed E-state index contributed by atoms with van der Waals surface area (Å²) in [6.45, 7) is 8.49. The summed E-state index contributed by atoms with van der Waals surface area (Å²) >= 11 is 1.44. The first-order chi connectivity index (χ1) is 12.1. The van der Waals surface area contributed by atoms with Gasteiger partial charge in [-0.25, -0.2) is 4.98 Å². The van der Waals surface area contributed by atoms with Crippen LogP contribution in [0, 0.1) is 13.8 Å². The van der Waals surface area contributed by atoms with Gasteiger partial charge in [0, 0.05) is 12.2 Å². The van der Waals surface area contributed by atoms with Crippen molar-refractivity contribution in [3.05, 3.63) is 66.2 Å². The summed E-state index contributed by atoms with van der Waals surface area (Å²) in [5, 5.41) is 3.82. The molecule has 3 aromatic rings. The highest BCUT2D eigenvalue weighted by Gasteiger charge is 2.12. The number of thioether (sulfide) groups is 1. The Morgan fingerprint density at radius 3 is 2.88 bits per heavy atom. The van der Waals surface area contributed by atoms with E-state index in [1.54, 1.807) is 0 Å². The Labute approximate surface area is 152 Å². The summed E-state index contributed by atoms with van der Waals surface area (Å²) < 4.78 is 2.08. The molecule has 128 valence electrons. The van der Waals surface area contributed by atoms with E-state index in [2.05, 4.69) is 21.4 Å². The minimum absolute atomic E-state index is 0.0316. The second-order valence-corrected chi connectivity index (χ2v) is 6.88. The van der Waals surface area contributed by atoms with Crippen molar-refractivity contribution >= 4 is 34.4 Å². The molecule has 0 saturated carbocycles. The largest absolute Gasteiger partial charge is 0.325 e. The molecule has 25 heavy (non-hydrogen) atoms. The van der Waals surface area contributed by atoms with Gasteiger partial charge in [0.15, 0.2) is 5.16 Å². The number of carbonyl (C=O) groups is 1. The number of nitrogens with zero attached hydrogens (tertiary/aromatic N) is 2. The molecule has 1 heterocycles. The maximum atomic E-state index is 12.3. The number of aryl methyl sites for hydroxylation is 2. The molecule has 0 bridgehead atoms. The standard InChI is InChI=1S/C20H21N3OS/c1-4-11-23-18-8-6-5-7-16(18)22-20(23)25-13-19(24)21-17-12-14(2)9-10-15(17)3/h4-10,12H,1,11,13H2,2-3H3,(H,21,24). The molecule has 4 nitrogen and oxygen atoms in total. The number of rotatable bonds is 6. The van der Waals surface area contributed by atoms with Crippen molar-refractivity contribution in [1.29, 1.82) is 0 Å². The molecule has 1 aromatic heterocycles. The van der Waals surface area contributed by atoms with E-state index in [9.17, 15) is 4.79 Å². The van der Waals surface area contributed by atoms with Crippen molar-refractivity contribution in [2.24, 2.45) is 0 Å². The molecule has 1 N–H and O–H groups in total. The number of aromatic nitrogens is 2. The Balaban J connectivity index is 1.73. The summed E-state index contributed by atoms with van der Waals surface area (Å²) in [5.41, 5.74) is 5.04. The van der Waals surface area contributed by atoms with Gasteiger partial charge in [0.1, 0.15) is 0 Å². The number of hydrogen-bond donors (Lipinski definition) is 1. The normalized spacial score (nSPS) is 10.8. The Morgan fingerprint density at radius 1 is 1.28 bits per heavy atom. The highest BCUT2D eigenvalue weighted by Crippen LogP contribution is 2.24. The third-order valence-electron chi connectivity index (χ3n) is 3.93. The van der Waals surface area contributed by atoms with Crippen LogP contribution < -0.4 is 5.32 Å². The van der Waals surface area contributed by atoms with Gasteiger partial charge in [-0.1, -0.05) is 42.1 Å². The van der Waals surface area contributed by atoms with Crippen LogP contribution in [0.2, 0.25) is 0 Å². The molecule has 2 aromatic carbocycles. The lowest BCUT2D eigenvalue weighted by atomic mass is 10.1. The molecule has 1 amide bonds. The summed E-state index contributed by atoms with van der Waals surface area (Å²) in [6.07, 6.45) is 1.84. The van der Waals surface area contributed by atoms with Gasteiger partial charge in [-0.3, -0.25) is 4.79 Å². The van der Waals surface area contributed by atoms with Crippen LogP contribution >= 0.6 is 11.8 Å². The minimum Gasteiger partial charge on any atom is -0.325 e. The Bertz CT molecular complexity index is 930. The van der Waals surface area contributed by atoms with E-state index in [-0.39, 0.29) is 5.91 Å². The predicted molar refractivity (Wildman–Crippen MR) is 105 cm³/mol. The van der Waals surface area contributed by atoms with E-state index in [4.69, 9.17) is 0 Å². The highest BCUT2D eigenvalue weighted by molar-refractivity contribution is 7.99. The predicted octanol–water partition coefficient (Wildman–Crippen LogP) is 4.57. The molecule has 0 saturated heterocycles. The summed E-state index contributed by atoms with van der Waals surface area (Å²) in [5.74, 6) is 0.282. The number of allylic oxidation sites excluding steroid dienone is 1. The van der Waals surface area contributed by atoms with Crippen LogP contribution in [-0.4, -0.2) is 21.2 Å². The number of amides is 1. The van der Waals surface area contributed by atoms with Crippen molar-refractivity contribution in [3.63, 3.8) is 0 Å². The zero-order valence-corrected chi connectivity index (χ0v) is 15.3. The molecule has 0 fully saturated rings. The van der Waals surface area contributed by atoms with Gasteiger partial charge in [0.2, 0.25) is 5.91 Å². The summed E-state index contributed by atoms with van der Waals surface area (Å²) in [6, 6.07) is 14.0. The average Bonchev–Trinajstić information content (AvgIpc) is 2.95. The molecule has 5 heteroatoms. The topological polar surface area (TPSA) is 46.9 Å². The second-order valence-electron chi connectivity index (χ2n) is 5.94. The molecule has 0 unspecified atom stereocenters. The fourth-order valence-corrected chi connectivity index (χ4v) is 3.48. The van der Waals surface area contributed by atoms with Crippen LogP contribution in [0.25, 0.3) is 11.0 Å². The van der Waals surface area contributed by atoms with Crippen molar-refractivity contribution < 1.29 is 4.79 Å². The zero-order valence-electron chi connectivity index (χ0n) is 14.5. The number of para-hydroxylation sites is 2. The van der Waals surface area contributed by atoms with Gasteiger partial charge in [0.25, 0.3) is 0 Å². The van der Waals surface area contributed by atoms with Crippen molar-refractivity contribution in [1.82, 2.24) is 9.55 Å². The SMILES string of the molecule is C=CCn1c(SCC(=O)Nc2cc(C)ccc2C)nc2ccccc21. The lowest BCUT2D eigenvalue weighted by molar-refractivity contribution is -0.113. The van der Waals surface area contributed by atoms with Gasteiger partial charge in [-0.2, -0.15) is 0 Å². The van der Waals surface area contributed by atoms with Gasteiger partial charge in [-0.05, 0) is 43.2 Å². The maximum absolute atomic E-state index is 12.3. The van der Waals surface area contributed by atoms with E-state index in [0.717, 1.165) is 33.0 Å². The molecule has 0 radical (unpaired) electrons. The van der Waals surface area contributed by atoms with E-state index >= 15 is 0 Å². The van der Waals surface area contributed by atoms with Crippen LogP contribution in [0.3, 0.4) is 0 Å². The van der Waals surface area contributed by atoms with Crippen molar-refractivity contribution in [2.45, 2.75) is 25.5 Å². The lowest BCUT2D eigenvalue weighted by Crippen LogP contribution is -2.15. The van der Waals surface area contributed by atoms with Crippen molar-refractivity contribution in [3.8, 4) is 0 Å². The average molecular weight is 351 g/mol. The van der Waals surface area contributed by atoms with E-state index in [1.165, 1.54) is 11.8 Å².